The van der Waals surface area contributed by atoms with E-state index in [1.807, 2.05) is 49.4 Å². The van der Waals surface area contributed by atoms with Crippen LogP contribution in [0, 0.1) is 12.7 Å². The number of anilines is 2. The maximum Gasteiger partial charge on any atom is 0.318 e. The molecule has 0 aliphatic carbocycles. The number of hydrogen-bond donors (Lipinski definition) is 5. The maximum atomic E-state index is 14.3. The Morgan fingerprint density at radius 3 is 2.55 bits per heavy atom. The molecule has 0 aromatic heterocycles. The van der Waals surface area contributed by atoms with Gasteiger partial charge in [-0.2, -0.15) is 0 Å². The smallest absolute Gasteiger partial charge is 0.318 e. The fraction of sp³-hybridized carbons (Fsp3) is 0.240. The number of rotatable bonds is 6. The highest BCUT2D eigenvalue weighted by Gasteiger charge is 2.25. The third-order valence-corrected chi connectivity index (χ3v) is 5.74. The first-order valence-corrected chi connectivity index (χ1v) is 10.8. The number of nitrogens with one attached hydrogen (secondary N) is 5. The van der Waals surface area contributed by atoms with Crippen molar-refractivity contribution in [1.82, 2.24) is 16.2 Å². The van der Waals surface area contributed by atoms with Crippen molar-refractivity contribution in [1.29, 1.82) is 0 Å². The zero-order chi connectivity index (χ0) is 23.4. The number of amides is 2. The average Bonchev–Trinajstić information content (AvgIpc) is 3.30. The van der Waals surface area contributed by atoms with Crippen LogP contribution in [0.2, 0.25) is 0 Å². The number of halogens is 1. The van der Waals surface area contributed by atoms with E-state index in [-0.39, 0.29) is 24.1 Å². The molecule has 1 aliphatic heterocycles. The molecule has 0 bridgehead atoms. The topological polar surface area (TPSA) is 86.5 Å². The summed E-state index contributed by atoms with van der Waals surface area (Å²) in [4.78, 5) is 11.5. The van der Waals surface area contributed by atoms with Gasteiger partial charge in [0.2, 0.25) is 0 Å². The zero-order valence-electron chi connectivity index (χ0n) is 18.8. The van der Waals surface area contributed by atoms with Crippen LogP contribution in [0.1, 0.15) is 23.6 Å². The molecular weight excluding hydrogens is 421 g/mol. The first-order valence-electron chi connectivity index (χ1n) is 10.8. The number of benzene rings is 3. The minimum atomic E-state index is -0.277. The SMILES string of the molecule is CNC(=O)Nc1ccc(NC2CC(c3ccc(-c4cc(OC)ccc4F)cc3)NN2)c(C)c1. The predicted octanol–water partition coefficient (Wildman–Crippen LogP) is 4.54. The number of carbonyl (C=O) groups excluding carboxylic acids is 1. The number of aryl methyl sites for hydroxylation is 1. The first kappa shape index (κ1) is 22.6. The van der Waals surface area contributed by atoms with E-state index in [1.165, 1.54) is 6.07 Å². The van der Waals surface area contributed by atoms with Crippen LogP contribution < -0.4 is 31.5 Å². The van der Waals surface area contributed by atoms with Gasteiger partial charge in [0, 0.05) is 36.4 Å². The number of methoxy groups -OCH3 is 1. The van der Waals surface area contributed by atoms with Gasteiger partial charge in [0.05, 0.1) is 13.3 Å². The molecule has 2 unspecified atom stereocenters. The zero-order valence-corrected chi connectivity index (χ0v) is 18.8. The molecule has 2 atom stereocenters. The van der Waals surface area contributed by atoms with Crippen molar-refractivity contribution in [3.8, 4) is 16.9 Å². The molecule has 4 rings (SSSR count). The predicted molar refractivity (Wildman–Crippen MR) is 129 cm³/mol. The summed E-state index contributed by atoms with van der Waals surface area (Å²) < 4.78 is 19.5. The third-order valence-electron chi connectivity index (χ3n) is 5.74. The molecule has 5 N–H and O–H groups in total. The second-order valence-electron chi connectivity index (χ2n) is 7.98. The van der Waals surface area contributed by atoms with Gasteiger partial charge >= 0.3 is 6.03 Å². The van der Waals surface area contributed by atoms with E-state index < -0.39 is 0 Å². The lowest BCUT2D eigenvalue weighted by atomic mass is 9.99. The molecule has 8 heteroatoms. The Morgan fingerprint density at radius 1 is 1.06 bits per heavy atom. The Labute approximate surface area is 192 Å². The molecule has 0 spiro atoms. The first-order chi connectivity index (χ1) is 16.0. The van der Waals surface area contributed by atoms with Crippen molar-refractivity contribution in [2.75, 3.05) is 24.8 Å². The summed E-state index contributed by atoms with van der Waals surface area (Å²) in [5.74, 6) is 0.346. The molecule has 1 saturated heterocycles. The molecule has 1 aliphatic rings. The average molecular weight is 450 g/mol. The van der Waals surface area contributed by atoms with E-state index in [0.29, 0.717) is 11.3 Å². The number of hydrogen-bond acceptors (Lipinski definition) is 5. The van der Waals surface area contributed by atoms with Gasteiger partial charge < -0.3 is 20.7 Å². The molecule has 1 fully saturated rings. The highest BCUT2D eigenvalue weighted by Crippen LogP contribution is 2.30. The minimum absolute atomic E-state index is 0.0296. The molecule has 2 amide bonds. The Morgan fingerprint density at radius 2 is 1.85 bits per heavy atom. The van der Waals surface area contributed by atoms with Crippen molar-refractivity contribution in [2.24, 2.45) is 0 Å². The van der Waals surface area contributed by atoms with Gasteiger partial charge in [0.1, 0.15) is 11.6 Å². The normalized spacial score (nSPS) is 17.5. The second kappa shape index (κ2) is 9.89. The van der Waals surface area contributed by atoms with Crippen LogP contribution in [-0.4, -0.2) is 26.4 Å². The Hall–Kier alpha value is -3.62. The van der Waals surface area contributed by atoms with E-state index in [0.717, 1.165) is 34.5 Å². The molecule has 3 aromatic carbocycles. The lowest BCUT2D eigenvalue weighted by Crippen LogP contribution is -2.36. The van der Waals surface area contributed by atoms with Crippen molar-refractivity contribution in [3.05, 3.63) is 77.6 Å². The molecule has 1 heterocycles. The van der Waals surface area contributed by atoms with E-state index in [2.05, 4.69) is 26.8 Å². The van der Waals surface area contributed by atoms with Gasteiger partial charge in [0.25, 0.3) is 0 Å². The van der Waals surface area contributed by atoms with E-state index in [4.69, 9.17) is 4.74 Å². The third kappa shape index (κ3) is 5.24. The van der Waals surface area contributed by atoms with Crippen LogP contribution in [0.25, 0.3) is 11.1 Å². The molecule has 0 saturated carbocycles. The highest BCUT2D eigenvalue weighted by molar-refractivity contribution is 5.89. The van der Waals surface area contributed by atoms with Crippen LogP contribution in [-0.2, 0) is 0 Å². The summed E-state index contributed by atoms with van der Waals surface area (Å²) in [6, 6.07) is 18.2. The van der Waals surface area contributed by atoms with E-state index in [9.17, 15) is 9.18 Å². The van der Waals surface area contributed by atoms with Gasteiger partial charge in [0.15, 0.2) is 0 Å². The maximum absolute atomic E-state index is 14.3. The highest BCUT2D eigenvalue weighted by atomic mass is 19.1. The standard InChI is InChI=1S/C25H28FN5O2/c1-15-12-18(28-25(32)27-2)8-11-22(15)29-24-14-23(30-31-24)17-6-4-16(5-7-17)20-13-19(33-3)9-10-21(20)26/h4-13,23-24,29-31H,14H2,1-3H3,(H2,27,28,32). The van der Waals surface area contributed by atoms with Gasteiger partial charge in [-0.25, -0.2) is 20.0 Å². The largest absolute Gasteiger partial charge is 0.497 e. The van der Waals surface area contributed by atoms with Crippen molar-refractivity contribution < 1.29 is 13.9 Å². The number of ether oxygens (including phenoxy) is 1. The van der Waals surface area contributed by atoms with Crippen molar-refractivity contribution in [2.45, 2.75) is 25.6 Å². The quantitative estimate of drug-likeness (QED) is 0.382. The van der Waals surface area contributed by atoms with E-state index >= 15 is 0 Å². The summed E-state index contributed by atoms with van der Waals surface area (Å²) in [6.45, 7) is 1.99. The summed E-state index contributed by atoms with van der Waals surface area (Å²) in [7, 11) is 3.15. The number of urea groups is 1. The van der Waals surface area contributed by atoms with Crippen LogP contribution >= 0.6 is 0 Å². The van der Waals surface area contributed by atoms with Crippen LogP contribution in [0.5, 0.6) is 5.75 Å². The lowest BCUT2D eigenvalue weighted by Gasteiger charge is -2.17. The molecular formula is C25H28FN5O2. The summed E-state index contributed by atoms with van der Waals surface area (Å²) in [6.07, 6.45) is 0.854. The molecule has 7 nitrogen and oxygen atoms in total. The molecule has 33 heavy (non-hydrogen) atoms. The minimum Gasteiger partial charge on any atom is -0.497 e. The molecule has 3 aromatic rings. The molecule has 172 valence electrons. The number of hydrazine groups is 1. The Balaban J connectivity index is 1.40. The van der Waals surface area contributed by atoms with E-state index in [1.54, 1.807) is 26.3 Å². The summed E-state index contributed by atoms with van der Waals surface area (Å²) in [5, 5.41) is 8.81. The summed E-state index contributed by atoms with van der Waals surface area (Å²) in [5.41, 5.74) is 11.8. The summed E-state index contributed by atoms with van der Waals surface area (Å²) >= 11 is 0. The van der Waals surface area contributed by atoms with Crippen LogP contribution in [0.4, 0.5) is 20.6 Å². The fourth-order valence-corrected chi connectivity index (χ4v) is 3.90. The second-order valence-corrected chi connectivity index (χ2v) is 7.98. The fourth-order valence-electron chi connectivity index (χ4n) is 3.90. The lowest BCUT2D eigenvalue weighted by molar-refractivity contribution is 0.254. The Bertz CT molecular complexity index is 1140. The van der Waals surface area contributed by atoms with Gasteiger partial charge in [-0.1, -0.05) is 24.3 Å². The van der Waals surface area contributed by atoms with Gasteiger partial charge in [-0.05, 0) is 60.0 Å². The Kier molecular flexibility index (Phi) is 6.76. The monoisotopic (exact) mass is 449 g/mol. The van der Waals surface area contributed by atoms with Crippen LogP contribution in [0.15, 0.2) is 60.7 Å². The van der Waals surface area contributed by atoms with Gasteiger partial charge in [-0.3, -0.25) is 0 Å². The molecule has 0 radical (unpaired) electrons. The van der Waals surface area contributed by atoms with Gasteiger partial charge in [-0.15, -0.1) is 0 Å². The van der Waals surface area contributed by atoms with Crippen molar-refractivity contribution >= 4 is 17.4 Å². The van der Waals surface area contributed by atoms with Crippen molar-refractivity contribution in [3.63, 3.8) is 0 Å². The number of carbonyl (C=O) groups is 1. The van der Waals surface area contributed by atoms with Crippen LogP contribution in [0.3, 0.4) is 0 Å².